The molecule has 1 aromatic heterocycles. The van der Waals surface area contributed by atoms with Gasteiger partial charge < -0.3 is 0 Å². The fourth-order valence-corrected chi connectivity index (χ4v) is 0.740. The van der Waals surface area contributed by atoms with Gasteiger partial charge in [-0.05, 0) is 22.5 Å². The Hall–Kier alpha value is -1.60. The van der Waals surface area contributed by atoms with Gasteiger partial charge in [0.25, 0.3) is 0 Å². The van der Waals surface area contributed by atoms with Crippen molar-refractivity contribution in [2.75, 3.05) is 0 Å². The molecule has 1 aliphatic rings. The number of aromatic nitrogens is 2. The summed E-state index contributed by atoms with van der Waals surface area (Å²) in [7, 11) is 0. The minimum absolute atomic E-state index is 0.727. The highest BCUT2D eigenvalue weighted by Crippen LogP contribution is 2.08. The van der Waals surface area contributed by atoms with E-state index in [2.05, 4.69) is 20.7 Å². The lowest BCUT2D eigenvalue weighted by Gasteiger charge is -1.76. The maximum atomic E-state index is 4.49. The van der Waals surface area contributed by atoms with Gasteiger partial charge in [-0.2, -0.15) is 0 Å². The molecule has 48 valence electrons. The summed E-state index contributed by atoms with van der Waals surface area (Å²) >= 11 is 0. The van der Waals surface area contributed by atoms with Crippen LogP contribution in [-0.2, 0) is 0 Å². The molecule has 3 heteroatoms. The summed E-state index contributed by atoms with van der Waals surface area (Å²) in [6.07, 6.45) is 7.18. The summed E-state index contributed by atoms with van der Waals surface area (Å²) in [5, 5.41) is 7.29. The lowest BCUT2D eigenvalue weighted by atomic mass is 10.3. The Morgan fingerprint density at radius 1 is 1.30 bits per heavy atom. The average Bonchev–Trinajstić information content (AvgIpc) is 2.28. The lowest BCUT2D eigenvalue weighted by Crippen LogP contribution is -1.73. The van der Waals surface area contributed by atoms with Crippen LogP contribution in [0.3, 0.4) is 0 Å². The maximum absolute atomic E-state index is 4.49. The summed E-state index contributed by atoms with van der Waals surface area (Å²) in [4.78, 5) is 0. The van der Waals surface area contributed by atoms with Gasteiger partial charge in [-0.1, -0.05) is 6.08 Å². The molecule has 0 bridgehead atoms. The molecule has 2 rings (SSSR count). The first kappa shape index (κ1) is 5.21. The molecule has 0 aliphatic heterocycles. The predicted molar refractivity (Wildman–Crippen MR) is 35.9 cm³/mol. The Balaban J connectivity index is 2.68. The molecule has 0 N–H and O–H groups in total. The largest absolute Gasteiger partial charge is 0.243 e. The lowest BCUT2D eigenvalue weighted by molar-refractivity contribution is 0.305. The fraction of sp³-hybridized carbons (Fsp3) is 0. The van der Waals surface area contributed by atoms with Gasteiger partial charge in [-0.25, -0.2) is 4.63 Å². The molecule has 1 aromatic rings. The number of fused-ring (bicyclic) bond motifs is 1. The third-order valence-electron chi connectivity index (χ3n) is 1.21. The second-order valence-corrected chi connectivity index (χ2v) is 1.87. The van der Waals surface area contributed by atoms with Crippen LogP contribution in [0.2, 0.25) is 0 Å². The van der Waals surface area contributed by atoms with Gasteiger partial charge in [-0.3, -0.25) is 0 Å². The average molecular weight is 132 g/mol. The van der Waals surface area contributed by atoms with Crippen LogP contribution < -0.4 is 0 Å². The first-order valence-electron chi connectivity index (χ1n) is 2.88. The second kappa shape index (κ2) is 1.97. The zero-order valence-corrected chi connectivity index (χ0v) is 5.11. The van der Waals surface area contributed by atoms with E-state index in [1.165, 1.54) is 0 Å². The Kier molecular flexibility index (Phi) is 1.03. The van der Waals surface area contributed by atoms with Crippen molar-refractivity contribution in [2.24, 2.45) is 0 Å². The molecule has 0 fully saturated rings. The second-order valence-electron chi connectivity index (χ2n) is 1.87. The Morgan fingerprint density at radius 2 is 2.20 bits per heavy atom. The number of nitrogens with zero attached hydrogens (tertiary/aromatic N) is 2. The van der Waals surface area contributed by atoms with E-state index in [1.807, 2.05) is 12.2 Å². The first-order chi connectivity index (χ1) is 4.97. The summed E-state index contributed by atoms with van der Waals surface area (Å²) in [6.45, 7) is 0. The number of hydrogen-bond donors (Lipinski definition) is 0. The minimum atomic E-state index is 0.727. The van der Waals surface area contributed by atoms with Crippen molar-refractivity contribution in [3.05, 3.63) is 29.3 Å². The topological polar surface area (TPSA) is 38.9 Å². The van der Waals surface area contributed by atoms with Crippen LogP contribution in [0.15, 0.2) is 22.5 Å². The maximum Gasteiger partial charge on any atom is 0.142 e. The van der Waals surface area contributed by atoms with Crippen LogP contribution in [0.5, 0.6) is 0 Å². The van der Waals surface area contributed by atoms with Gasteiger partial charge in [-0.15, -0.1) is 5.73 Å². The normalized spacial score (nSPS) is 13.2. The zero-order chi connectivity index (χ0) is 6.81. The molecule has 0 amide bonds. The quantitative estimate of drug-likeness (QED) is 0.499. The van der Waals surface area contributed by atoms with E-state index in [0.29, 0.717) is 0 Å². The van der Waals surface area contributed by atoms with Crippen molar-refractivity contribution in [3.8, 4) is 0 Å². The number of rotatable bonds is 0. The Morgan fingerprint density at radius 3 is 3.20 bits per heavy atom. The molecule has 0 saturated carbocycles. The summed E-state index contributed by atoms with van der Waals surface area (Å²) < 4.78 is 4.49. The summed E-state index contributed by atoms with van der Waals surface area (Å²) in [5.74, 6) is 0. The third kappa shape index (κ3) is 0.694. The Labute approximate surface area is 57.3 Å². The number of hydrogen-bond acceptors (Lipinski definition) is 3. The standard InChI is InChI=1S/C7H4N2O/c1-2-4-6-7(5-3-1)9-10-8-6/h1-2,4-5H. The van der Waals surface area contributed by atoms with E-state index in [-0.39, 0.29) is 0 Å². The van der Waals surface area contributed by atoms with Crippen molar-refractivity contribution in [2.45, 2.75) is 0 Å². The van der Waals surface area contributed by atoms with E-state index in [4.69, 9.17) is 0 Å². The van der Waals surface area contributed by atoms with Gasteiger partial charge in [0.15, 0.2) is 0 Å². The Bertz CT molecular complexity index is 329. The highest BCUT2D eigenvalue weighted by atomic mass is 16.6. The van der Waals surface area contributed by atoms with Crippen molar-refractivity contribution < 1.29 is 4.63 Å². The van der Waals surface area contributed by atoms with Crippen LogP contribution in [0.25, 0.3) is 12.2 Å². The van der Waals surface area contributed by atoms with Crippen molar-refractivity contribution in [3.63, 3.8) is 0 Å². The number of allylic oxidation sites excluding steroid dienone is 2. The molecule has 0 radical (unpaired) electrons. The van der Waals surface area contributed by atoms with E-state index >= 15 is 0 Å². The van der Waals surface area contributed by atoms with Crippen molar-refractivity contribution in [1.29, 1.82) is 0 Å². The van der Waals surface area contributed by atoms with Gasteiger partial charge in [0, 0.05) is 6.08 Å². The van der Waals surface area contributed by atoms with Crippen LogP contribution in [-0.4, -0.2) is 10.3 Å². The fourth-order valence-electron chi connectivity index (χ4n) is 0.740. The molecule has 1 aliphatic carbocycles. The van der Waals surface area contributed by atoms with Gasteiger partial charge >= 0.3 is 0 Å². The third-order valence-corrected chi connectivity index (χ3v) is 1.21. The SMILES string of the molecule is C1=CC=Cc2nonc2C=1. The molecule has 0 aromatic carbocycles. The van der Waals surface area contributed by atoms with Crippen LogP contribution in [0.1, 0.15) is 11.4 Å². The predicted octanol–water partition coefficient (Wildman–Crippen LogP) is 1.26. The molecule has 3 nitrogen and oxygen atoms in total. The molecule has 0 spiro atoms. The summed E-state index contributed by atoms with van der Waals surface area (Å²) in [5.41, 5.74) is 4.37. The molecule has 0 atom stereocenters. The van der Waals surface area contributed by atoms with E-state index < -0.39 is 0 Å². The smallest absolute Gasteiger partial charge is 0.142 e. The molecular weight excluding hydrogens is 128 g/mol. The molecule has 1 heterocycles. The monoisotopic (exact) mass is 132 g/mol. The van der Waals surface area contributed by atoms with E-state index in [9.17, 15) is 0 Å². The first-order valence-corrected chi connectivity index (χ1v) is 2.88. The highest BCUT2D eigenvalue weighted by molar-refractivity contribution is 5.61. The highest BCUT2D eigenvalue weighted by Gasteiger charge is 2.02. The van der Waals surface area contributed by atoms with Crippen LogP contribution in [0.4, 0.5) is 0 Å². The van der Waals surface area contributed by atoms with Crippen molar-refractivity contribution >= 4 is 12.2 Å². The van der Waals surface area contributed by atoms with E-state index in [1.54, 1.807) is 12.2 Å². The molecule has 0 unspecified atom stereocenters. The molecular formula is C7H4N2O. The molecule has 10 heavy (non-hydrogen) atoms. The minimum Gasteiger partial charge on any atom is -0.243 e. The van der Waals surface area contributed by atoms with E-state index in [0.717, 1.165) is 11.4 Å². The van der Waals surface area contributed by atoms with Gasteiger partial charge in [0.2, 0.25) is 0 Å². The van der Waals surface area contributed by atoms with Gasteiger partial charge in [0.05, 0.1) is 0 Å². The molecule has 0 saturated heterocycles. The summed E-state index contributed by atoms with van der Waals surface area (Å²) in [6, 6.07) is 0. The van der Waals surface area contributed by atoms with Crippen molar-refractivity contribution in [1.82, 2.24) is 10.3 Å². The van der Waals surface area contributed by atoms with Crippen LogP contribution >= 0.6 is 0 Å². The van der Waals surface area contributed by atoms with Crippen LogP contribution in [0, 0.1) is 0 Å². The van der Waals surface area contributed by atoms with Gasteiger partial charge in [0.1, 0.15) is 11.4 Å². The zero-order valence-electron chi connectivity index (χ0n) is 5.11.